The van der Waals surface area contributed by atoms with Gasteiger partial charge < -0.3 is 20.7 Å². The standard InChI is InChI=1S/C23H23N5O8/c1-23(2,3)36-22(33)24-11-18(29)25-13-5-4-6-14(9-13)26-19(30)12-27-20(31)16-8-7-15(28(34)35)10-17(16)21(27)32/h4-10H,11-12H2,1-3H3,(H,24,33)(H,25,29)(H,26,30). The molecule has 1 aliphatic heterocycles. The number of ether oxygens (including phenoxy) is 1. The van der Waals surface area contributed by atoms with Crippen LogP contribution in [-0.4, -0.2) is 58.2 Å². The summed E-state index contributed by atoms with van der Waals surface area (Å²) in [5.74, 6) is -2.79. The summed E-state index contributed by atoms with van der Waals surface area (Å²) in [4.78, 5) is 72.3. The van der Waals surface area contributed by atoms with Gasteiger partial charge in [-0.2, -0.15) is 0 Å². The average Bonchev–Trinajstić information content (AvgIpc) is 3.01. The van der Waals surface area contributed by atoms with E-state index < -0.39 is 46.8 Å². The van der Waals surface area contributed by atoms with Gasteiger partial charge in [0.15, 0.2) is 0 Å². The van der Waals surface area contributed by atoms with Crippen molar-refractivity contribution >= 4 is 46.8 Å². The Bertz CT molecular complexity index is 1270. The maximum absolute atomic E-state index is 12.5. The number of amides is 5. The van der Waals surface area contributed by atoms with E-state index in [1.807, 2.05) is 0 Å². The predicted molar refractivity (Wildman–Crippen MR) is 126 cm³/mol. The van der Waals surface area contributed by atoms with E-state index >= 15 is 0 Å². The molecule has 188 valence electrons. The number of nitrogens with zero attached hydrogens (tertiary/aromatic N) is 2. The van der Waals surface area contributed by atoms with Crippen LogP contribution in [0.2, 0.25) is 0 Å². The fraction of sp³-hybridized carbons (Fsp3) is 0.261. The molecule has 3 rings (SSSR count). The molecule has 0 unspecified atom stereocenters. The van der Waals surface area contributed by atoms with Crippen molar-refractivity contribution in [2.24, 2.45) is 0 Å². The van der Waals surface area contributed by atoms with Gasteiger partial charge in [0.25, 0.3) is 17.5 Å². The maximum Gasteiger partial charge on any atom is 0.408 e. The van der Waals surface area contributed by atoms with Crippen molar-refractivity contribution in [3.8, 4) is 0 Å². The van der Waals surface area contributed by atoms with Gasteiger partial charge in [0.2, 0.25) is 11.8 Å². The minimum Gasteiger partial charge on any atom is -0.444 e. The molecule has 5 amide bonds. The molecule has 0 radical (unpaired) electrons. The third kappa shape index (κ3) is 6.40. The van der Waals surface area contributed by atoms with Crippen molar-refractivity contribution in [1.82, 2.24) is 10.2 Å². The van der Waals surface area contributed by atoms with E-state index in [0.29, 0.717) is 10.6 Å². The van der Waals surface area contributed by atoms with Crippen molar-refractivity contribution in [1.29, 1.82) is 0 Å². The Balaban J connectivity index is 1.57. The van der Waals surface area contributed by atoms with Crippen molar-refractivity contribution in [3.63, 3.8) is 0 Å². The molecular formula is C23H23N5O8. The highest BCUT2D eigenvalue weighted by Gasteiger charge is 2.37. The first-order valence-electron chi connectivity index (χ1n) is 10.7. The SMILES string of the molecule is CC(C)(C)OC(=O)NCC(=O)Nc1cccc(NC(=O)CN2C(=O)c3ccc([N+](=O)[O-])cc3C2=O)c1. The van der Waals surface area contributed by atoms with Crippen LogP contribution in [0.1, 0.15) is 41.5 Å². The molecule has 1 heterocycles. The van der Waals surface area contributed by atoms with E-state index in [1.54, 1.807) is 32.9 Å². The molecule has 0 bridgehead atoms. The average molecular weight is 497 g/mol. The van der Waals surface area contributed by atoms with Crippen LogP contribution in [0.25, 0.3) is 0 Å². The van der Waals surface area contributed by atoms with Gasteiger partial charge >= 0.3 is 6.09 Å². The van der Waals surface area contributed by atoms with Crippen LogP contribution >= 0.6 is 0 Å². The van der Waals surface area contributed by atoms with Gasteiger partial charge in [-0.25, -0.2) is 4.79 Å². The number of rotatable bonds is 7. The number of imide groups is 1. The lowest BCUT2D eigenvalue weighted by Crippen LogP contribution is -2.37. The predicted octanol–water partition coefficient (Wildman–Crippen LogP) is 2.29. The molecule has 13 nitrogen and oxygen atoms in total. The molecule has 36 heavy (non-hydrogen) atoms. The molecule has 13 heteroatoms. The number of carbonyl (C=O) groups is 5. The normalized spacial score (nSPS) is 12.6. The smallest absolute Gasteiger partial charge is 0.408 e. The van der Waals surface area contributed by atoms with E-state index in [0.717, 1.165) is 12.1 Å². The number of nitrogens with one attached hydrogen (secondary N) is 3. The highest BCUT2D eigenvalue weighted by Crippen LogP contribution is 2.26. The van der Waals surface area contributed by atoms with Crippen LogP contribution in [0.4, 0.5) is 21.9 Å². The molecule has 0 aliphatic carbocycles. The Hall–Kier alpha value is -4.81. The van der Waals surface area contributed by atoms with Crippen LogP contribution < -0.4 is 16.0 Å². The third-order valence-electron chi connectivity index (χ3n) is 4.69. The highest BCUT2D eigenvalue weighted by molar-refractivity contribution is 6.23. The third-order valence-corrected chi connectivity index (χ3v) is 4.69. The number of carbonyl (C=O) groups excluding carboxylic acids is 5. The first-order valence-corrected chi connectivity index (χ1v) is 10.7. The number of nitro benzene ring substituents is 1. The van der Waals surface area contributed by atoms with Gasteiger partial charge in [-0.05, 0) is 45.0 Å². The zero-order valence-electron chi connectivity index (χ0n) is 19.6. The Morgan fingerprint density at radius 2 is 1.56 bits per heavy atom. The second-order valence-electron chi connectivity index (χ2n) is 8.72. The lowest BCUT2D eigenvalue weighted by molar-refractivity contribution is -0.384. The first-order chi connectivity index (χ1) is 16.8. The Morgan fingerprint density at radius 1 is 0.944 bits per heavy atom. The number of benzene rings is 2. The molecule has 2 aromatic carbocycles. The Labute approximate surface area is 204 Å². The van der Waals surface area contributed by atoms with E-state index in [4.69, 9.17) is 4.74 Å². The number of fused-ring (bicyclic) bond motifs is 1. The highest BCUT2D eigenvalue weighted by atomic mass is 16.6. The van der Waals surface area contributed by atoms with Gasteiger partial charge in [0.1, 0.15) is 18.7 Å². The summed E-state index contributed by atoms with van der Waals surface area (Å²) < 4.78 is 5.05. The largest absolute Gasteiger partial charge is 0.444 e. The first kappa shape index (κ1) is 25.8. The molecular weight excluding hydrogens is 474 g/mol. The monoisotopic (exact) mass is 497 g/mol. The Morgan fingerprint density at radius 3 is 2.17 bits per heavy atom. The van der Waals surface area contributed by atoms with Crippen molar-refractivity contribution in [2.45, 2.75) is 26.4 Å². The van der Waals surface area contributed by atoms with E-state index in [2.05, 4.69) is 16.0 Å². The van der Waals surface area contributed by atoms with Gasteiger partial charge in [-0.15, -0.1) is 0 Å². The minimum atomic E-state index is -0.813. The summed E-state index contributed by atoms with van der Waals surface area (Å²) >= 11 is 0. The zero-order chi connectivity index (χ0) is 26.6. The van der Waals surface area contributed by atoms with Crippen molar-refractivity contribution in [2.75, 3.05) is 23.7 Å². The fourth-order valence-corrected chi connectivity index (χ4v) is 3.23. The number of nitro groups is 1. The second-order valence-corrected chi connectivity index (χ2v) is 8.72. The van der Waals surface area contributed by atoms with Crippen molar-refractivity contribution in [3.05, 3.63) is 63.7 Å². The number of alkyl carbamates (subject to hydrolysis) is 1. The van der Waals surface area contributed by atoms with Gasteiger partial charge in [-0.1, -0.05) is 6.07 Å². The van der Waals surface area contributed by atoms with Crippen LogP contribution in [0.5, 0.6) is 0 Å². The molecule has 0 fully saturated rings. The number of anilines is 2. The van der Waals surface area contributed by atoms with E-state index in [-0.39, 0.29) is 29.0 Å². The summed E-state index contributed by atoms with van der Waals surface area (Å²) in [6.07, 6.45) is -0.749. The summed E-state index contributed by atoms with van der Waals surface area (Å²) in [6.45, 7) is 4.10. The number of hydrogen-bond acceptors (Lipinski definition) is 8. The molecule has 0 saturated carbocycles. The van der Waals surface area contributed by atoms with Crippen LogP contribution in [0, 0.1) is 10.1 Å². The van der Waals surface area contributed by atoms with Gasteiger partial charge in [0.05, 0.1) is 16.1 Å². The Kier molecular flexibility index (Phi) is 7.32. The fourth-order valence-electron chi connectivity index (χ4n) is 3.23. The van der Waals surface area contributed by atoms with Crippen LogP contribution in [-0.2, 0) is 14.3 Å². The molecule has 0 spiro atoms. The maximum atomic E-state index is 12.5. The number of hydrogen-bond donors (Lipinski definition) is 3. The zero-order valence-corrected chi connectivity index (χ0v) is 19.6. The quantitative estimate of drug-likeness (QED) is 0.296. The van der Waals surface area contributed by atoms with Gasteiger partial charge in [-0.3, -0.25) is 34.2 Å². The molecule has 0 atom stereocenters. The van der Waals surface area contributed by atoms with Crippen LogP contribution in [0.15, 0.2) is 42.5 Å². The lowest BCUT2D eigenvalue weighted by Gasteiger charge is -2.19. The minimum absolute atomic E-state index is 0.0249. The topological polar surface area (TPSA) is 177 Å². The summed E-state index contributed by atoms with van der Waals surface area (Å²) in [6, 6.07) is 9.35. The summed E-state index contributed by atoms with van der Waals surface area (Å²) in [5, 5.41) is 18.3. The molecule has 2 aromatic rings. The van der Waals surface area contributed by atoms with Crippen LogP contribution in [0.3, 0.4) is 0 Å². The summed E-state index contributed by atoms with van der Waals surface area (Å²) in [7, 11) is 0. The van der Waals surface area contributed by atoms with Crippen molar-refractivity contribution < 1.29 is 33.6 Å². The molecule has 3 N–H and O–H groups in total. The van der Waals surface area contributed by atoms with Gasteiger partial charge in [0, 0.05) is 23.5 Å². The second kappa shape index (κ2) is 10.2. The lowest BCUT2D eigenvalue weighted by atomic mass is 10.1. The molecule has 0 saturated heterocycles. The summed E-state index contributed by atoms with van der Waals surface area (Å²) in [5.41, 5.74) is -0.642. The van der Waals surface area contributed by atoms with E-state index in [9.17, 15) is 34.1 Å². The number of non-ortho nitro benzene ring substituents is 1. The van der Waals surface area contributed by atoms with E-state index in [1.165, 1.54) is 18.2 Å². The molecule has 1 aliphatic rings. The molecule has 0 aromatic heterocycles.